The van der Waals surface area contributed by atoms with E-state index < -0.39 is 0 Å². The number of pyridine rings is 1. The number of ether oxygens (including phenoxy) is 1. The van der Waals surface area contributed by atoms with Gasteiger partial charge in [0.1, 0.15) is 11.6 Å². The molecule has 146 valence electrons. The molecule has 5 nitrogen and oxygen atoms in total. The highest BCUT2D eigenvalue weighted by atomic mass is 32.1. The summed E-state index contributed by atoms with van der Waals surface area (Å²) >= 11 is 1.42. The molecule has 2 heterocycles. The number of carbonyl (C=O) groups excluding carboxylic acids is 1. The van der Waals surface area contributed by atoms with Crippen molar-refractivity contribution in [3.05, 3.63) is 83.9 Å². The number of rotatable bonds is 6. The minimum atomic E-state index is -0.327. The molecule has 0 aliphatic heterocycles. The van der Waals surface area contributed by atoms with Crippen molar-refractivity contribution in [3.63, 3.8) is 0 Å². The Morgan fingerprint density at radius 2 is 1.97 bits per heavy atom. The van der Waals surface area contributed by atoms with Crippen LogP contribution in [0.5, 0.6) is 5.75 Å². The van der Waals surface area contributed by atoms with E-state index in [1.807, 2.05) is 36.4 Å². The lowest BCUT2D eigenvalue weighted by Crippen LogP contribution is -2.32. The number of hydrogen-bond acceptors (Lipinski definition) is 5. The lowest BCUT2D eigenvalue weighted by atomic mass is 10.1. The van der Waals surface area contributed by atoms with Crippen molar-refractivity contribution in [2.75, 3.05) is 12.0 Å². The molecule has 4 rings (SSSR count). The van der Waals surface area contributed by atoms with Crippen molar-refractivity contribution >= 4 is 32.6 Å². The minimum absolute atomic E-state index is 0.131. The number of carbonyl (C=O) groups is 1. The first-order chi connectivity index (χ1) is 14.1. The summed E-state index contributed by atoms with van der Waals surface area (Å²) in [6, 6.07) is 17.2. The lowest BCUT2D eigenvalue weighted by Gasteiger charge is -2.19. The van der Waals surface area contributed by atoms with Gasteiger partial charge in [0.05, 0.1) is 36.0 Å². The number of amides is 1. The van der Waals surface area contributed by atoms with E-state index in [1.54, 1.807) is 30.3 Å². The van der Waals surface area contributed by atoms with E-state index >= 15 is 0 Å². The second-order valence-electron chi connectivity index (χ2n) is 6.43. The summed E-state index contributed by atoms with van der Waals surface area (Å²) in [6.45, 7) is 0.303. The average Bonchev–Trinajstić information content (AvgIpc) is 3.17. The molecule has 0 saturated heterocycles. The maximum absolute atomic E-state index is 13.2. The summed E-state index contributed by atoms with van der Waals surface area (Å²) in [5.41, 5.74) is 2.30. The summed E-state index contributed by atoms with van der Waals surface area (Å²) in [4.78, 5) is 23.8. The highest BCUT2D eigenvalue weighted by Gasteiger charge is 2.21. The molecule has 2 aromatic carbocycles. The molecule has 7 heteroatoms. The van der Waals surface area contributed by atoms with E-state index in [2.05, 4.69) is 9.97 Å². The van der Waals surface area contributed by atoms with Crippen LogP contribution in [0, 0.1) is 5.82 Å². The van der Waals surface area contributed by atoms with Crippen LogP contribution in [0.15, 0.2) is 66.9 Å². The zero-order valence-corrected chi connectivity index (χ0v) is 16.5. The van der Waals surface area contributed by atoms with Gasteiger partial charge in [0, 0.05) is 6.20 Å². The van der Waals surface area contributed by atoms with E-state index in [0.29, 0.717) is 11.7 Å². The van der Waals surface area contributed by atoms with Crippen molar-refractivity contribution in [2.45, 2.75) is 13.0 Å². The van der Waals surface area contributed by atoms with Crippen LogP contribution >= 0.6 is 11.3 Å². The molecule has 0 bridgehead atoms. The third-order valence-electron chi connectivity index (χ3n) is 4.43. The van der Waals surface area contributed by atoms with Crippen molar-refractivity contribution in [3.8, 4) is 5.75 Å². The lowest BCUT2D eigenvalue weighted by molar-refractivity contribution is -0.118. The van der Waals surface area contributed by atoms with Gasteiger partial charge in [0.15, 0.2) is 5.13 Å². The highest BCUT2D eigenvalue weighted by Crippen LogP contribution is 2.32. The Bertz CT molecular complexity index is 1130. The Morgan fingerprint density at radius 3 is 2.69 bits per heavy atom. The third-order valence-corrected chi connectivity index (χ3v) is 5.47. The zero-order valence-electron chi connectivity index (χ0n) is 15.7. The first kappa shape index (κ1) is 19.0. The molecule has 2 aromatic heterocycles. The monoisotopic (exact) mass is 407 g/mol. The fraction of sp³-hybridized carbons (Fsp3) is 0.136. The van der Waals surface area contributed by atoms with Crippen molar-refractivity contribution in [1.29, 1.82) is 0 Å². The van der Waals surface area contributed by atoms with Crippen LogP contribution < -0.4 is 9.64 Å². The molecule has 4 aromatic rings. The first-order valence-corrected chi connectivity index (χ1v) is 9.83. The van der Waals surface area contributed by atoms with Crippen molar-refractivity contribution < 1.29 is 13.9 Å². The fourth-order valence-electron chi connectivity index (χ4n) is 2.92. The van der Waals surface area contributed by atoms with Crippen LogP contribution in [0.25, 0.3) is 10.2 Å². The highest BCUT2D eigenvalue weighted by molar-refractivity contribution is 7.22. The Labute approximate surface area is 171 Å². The second-order valence-corrected chi connectivity index (χ2v) is 7.44. The number of fused-ring (bicyclic) bond motifs is 1. The molecular formula is C22H18FN3O2S. The Kier molecular flexibility index (Phi) is 5.48. The Hall–Kier alpha value is -3.32. The van der Waals surface area contributed by atoms with Gasteiger partial charge in [-0.05, 0) is 48.0 Å². The molecular weight excluding hydrogens is 389 g/mol. The Morgan fingerprint density at radius 1 is 1.14 bits per heavy atom. The fourth-order valence-corrected chi connectivity index (χ4v) is 3.93. The van der Waals surface area contributed by atoms with Crippen LogP contribution in [0.3, 0.4) is 0 Å². The molecule has 0 atom stereocenters. The van der Waals surface area contributed by atoms with Gasteiger partial charge < -0.3 is 4.74 Å². The van der Waals surface area contributed by atoms with Gasteiger partial charge in [-0.1, -0.05) is 29.5 Å². The molecule has 29 heavy (non-hydrogen) atoms. The molecule has 0 fully saturated rings. The minimum Gasteiger partial charge on any atom is -0.497 e. The molecule has 0 aliphatic rings. The normalized spacial score (nSPS) is 10.8. The van der Waals surface area contributed by atoms with E-state index in [-0.39, 0.29) is 18.1 Å². The standard InChI is InChI=1S/C22H18FN3O2S/c1-28-18-9-10-19-20(13-18)29-22(25-19)26(14-17-4-2-3-11-24-17)21(27)12-15-5-7-16(23)8-6-15/h2-11,13H,12,14H2,1H3. The maximum atomic E-state index is 13.2. The summed E-state index contributed by atoms with van der Waals surface area (Å²) in [5, 5.41) is 0.589. The zero-order chi connectivity index (χ0) is 20.2. The largest absolute Gasteiger partial charge is 0.497 e. The van der Waals surface area contributed by atoms with E-state index in [4.69, 9.17) is 4.74 Å². The second kappa shape index (κ2) is 8.36. The molecule has 0 saturated carbocycles. The van der Waals surface area contributed by atoms with Crippen LogP contribution in [0.4, 0.5) is 9.52 Å². The molecule has 0 radical (unpaired) electrons. The summed E-state index contributed by atoms with van der Waals surface area (Å²) in [5.74, 6) is 0.279. The maximum Gasteiger partial charge on any atom is 0.233 e. The molecule has 0 spiro atoms. The van der Waals surface area contributed by atoms with Crippen LogP contribution in [-0.4, -0.2) is 23.0 Å². The van der Waals surface area contributed by atoms with Crippen LogP contribution in [0.2, 0.25) is 0 Å². The smallest absolute Gasteiger partial charge is 0.233 e. The molecule has 0 N–H and O–H groups in total. The predicted octanol–water partition coefficient (Wildman–Crippen LogP) is 4.61. The molecule has 0 aliphatic carbocycles. The summed E-state index contributed by atoms with van der Waals surface area (Å²) in [6.07, 6.45) is 1.84. The van der Waals surface area contributed by atoms with Crippen LogP contribution in [0.1, 0.15) is 11.3 Å². The number of thiazole rings is 1. The number of anilines is 1. The number of nitrogens with zero attached hydrogens (tertiary/aromatic N) is 3. The molecule has 1 amide bonds. The van der Waals surface area contributed by atoms with Crippen molar-refractivity contribution in [2.24, 2.45) is 0 Å². The topological polar surface area (TPSA) is 55.3 Å². The summed E-state index contributed by atoms with van der Waals surface area (Å²) in [7, 11) is 1.61. The van der Waals surface area contributed by atoms with Crippen LogP contribution in [-0.2, 0) is 17.8 Å². The van der Waals surface area contributed by atoms with Gasteiger partial charge in [0.25, 0.3) is 0 Å². The van der Waals surface area contributed by atoms with Gasteiger partial charge in [-0.3, -0.25) is 14.7 Å². The predicted molar refractivity (Wildman–Crippen MR) is 112 cm³/mol. The van der Waals surface area contributed by atoms with E-state index in [9.17, 15) is 9.18 Å². The quantitative estimate of drug-likeness (QED) is 0.468. The van der Waals surface area contributed by atoms with Crippen molar-refractivity contribution in [1.82, 2.24) is 9.97 Å². The van der Waals surface area contributed by atoms with Gasteiger partial charge >= 0.3 is 0 Å². The Balaban J connectivity index is 1.67. The summed E-state index contributed by atoms with van der Waals surface area (Å²) < 4.78 is 19.4. The van der Waals surface area contributed by atoms with Gasteiger partial charge in [-0.15, -0.1) is 0 Å². The number of hydrogen-bond donors (Lipinski definition) is 0. The third kappa shape index (κ3) is 4.41. The number of benzene rings is 2. The number of aromatic nitrogens is 2. The van der Waals surface area contributed by atoms with Gasteiger partial charge in [-0.25, -0.2) is 9.37 Å². The number of methoxy groups -OCH3 is 1. The SMILES string of the molecule is COc1ccc2nc(N(Cc3ccccn3)C(=O)Cc3ccc(F)cc3)sc2c1. The average molecular weight is 407 g/mol. The van der Waals surface area contributed by atoms with E-state index in [0.717, 1.165) is 27.2 Å². The van der Waals surface area contributed by atoms with E-state index in [1.165, 1.54) is 23.5 Å². The first-order valence-electron chi connectivity index (χ1n) is 9.01. The van der Waals surface area contributed by atoms with Gasteiger partial charge in [-0.2, -0.15) is 0 Å². The van der Waals surface area contributed by atoms with Gasteiger partial charge in [0.2, 0.25) is 5.91 Å². The molecule has 0 unspecified atom stereocenters. The number of halogens is 1.